The van der Waals surface area contributed by atoms with Gasteiger partial charge in [-0.1, -0.05) is 0 Å². The minimum atomic E-state index is -2.18. The van der Waals surface area contributed by atoms with Crippen LogP contribution in [0.2, 0.25) is 8.94 Å². The Labute approximate surface area is 55.1 Å². The molecule has 0 bridgehead atoms. The summed E-state index contributed by atoms with van der Waals surface area (Å²) in [4.78, 5) is 0. The molecule has 2 N–H and O–H groups in total. The van der Waals surface area contributed by atoms with Crippen molar-refractivity contribution in [2.45, 2.75) is 21.1 Å². The van der Waals surface area contributed by atoms with Crippen LogP contribution in [0.4, 0.5) is 0 Å². The van der Waals surface area contributed by atoms with E-state index in [4.69, 9.17) is 10.2 Å². The van der Waals surface area contributed by atoms with Crippen molar-refractivity contribution in [3.63, 3.8) is 0 Å². The molecule has 0 amide bonds. The van der Waals surface area contributed by atoms with Crippen molar-refractivity contribution in [3.8, 4) is 0 Å². The van der Waals surface area contributed by atoms with Gasteiger partial charge in [0.05, 0.1) is 0 Å². The molecular formula is C4H8O3Te. The van der Waals surface area contributed by atoms with Crippen LogP contribution in [0, 0.1) is 0 Å². The average Bonchev–Trinajstić information content (AvgIpc) is 1.85. The first-order chi connectivity index (χ1) is 3.70. The Morgan fingerprint density at radius 1 is 1.25 bits per heavy atom. The van der Waals surface area contributed by atoms with Gasteiger partial charge in [-0.15, -0.1) is 0 Å². The molecule has 0 aromatic carbocycles. The first-order valence-electron chi connectivity index (χ1n) is 2.41. The van der Waals surface area contributed by atoms with Gasteiger partial charge in [0.25, 0.3) is 0 Å². The van der Waals surface area contributed by atoms with E-state index in [2.05, 4.69) is 0 Å². The van der Waals surface area contributed by atoms with Crippen LogP contribution < -0.4 is 3.47 Å². The maximum absolute atomic E-state index is 10.6. The molecule has 8 heavy (non-hydrogen) atoms. The summed E-state index contributed by atoms with van der Waals surface area (Å²) >= 11 is -2.18. The normalized spacial score (nSPS) is 40.9. The second-order valence-electron chi connectivity index (χ2n) is 1.91. The zero-order chi connectivity index (χ0) is 6.15. The van der Waals surface area contributed by atoms with Gasteiger partial charge in [0.15, 0.2) is 0 Å². The van der Waals surface area contributed by atoms with E-state index in [0.717, 1.165) is 0 Å². The van der Waals surface area contributed by atoms with Gasteiger partial charge in [-0.3, -0.25) is 0 Å². The molecule has 4 heteroatoms. The molecule has 0 aromatic heterocycles. The van der Waals surface area contributed by atoms with Crippen LogP contribution in [0.5, 0.6) is 0 Å². The molecule has 3 nitrogen and oxygen atoms in total. The third-order valence-electron chi connectivity index (χ3n) is 1.16. The van der Waals surface area contributed by atoms with E-state index in [1.54, 1.807) is 0 Å². The SMILES string of the molecule is [O-][Te+]1C[C@@H](O)[C@H](O)C1. The maximum atomic E-state index is 10.6. The second-order valence-corrected chi connectivity index (χ2v) is 6.32. The Morgan fingerprint density at radius 3 is 1.75 bits per heavy atom. The molecule has 1 fully saturated rings. The van der Waals surface area contributed by atoms with Gasteiger partial charge in [-0.25, -0.2) is 0 Å². The molecule has 1 saturated heterocycles. The van der Waals surface area contributed by atoms with Crippen LogP contribution in [0.1, 0.15) is 0 Å². The predicted octanol–water partition coefficient (Wildman–Crippen LogP) is -1.93. The molecule has 0 radical (unpaired) electrons. The summed E-state index contributed by atoms with van der Waals surface area (Å²) in [5.41, 5.74) is 0. The van der Waals surface area contributed by atoms with E-state index in [9.17, 15) is 3.47 Å². The molecule has 2 atom stereocenters. The Hall–Kier alpha value is 0.670. The molecule has 48 valence electrons. The van der Waals surface area contributed by atoms with E-state index in [1.165, 1.54) is 0 Å². The zero-order valence-electron chi connectivity index (χ0n) is 4.28. The Kier molecular flexibility index (Phi) is 2.12. The van der Waals surface area contributed by atoms with E-state index in [1.807, 2.05) is 0 Å². The van der Waals surface area contributed by atoms with Crippen LogP contribution in [-0.2, 0) is 0 Å². The quantitative estimate of drug-likeness (QED) is 0.478. The van der Waals surface area contributed by atoms with Crippen molar-refractivity contribution >= 4 is 20.0 Å². The van der Waals surface area contributed by atoms with Crippen LogP contribution in [0.25, 0.3) is 0 Å². The van der Waals surface area contributed by atoms with Crippen molar-refractivity contribution in [2.75, 3.05) is 0 Å². The van der Waals surface area contributed by atoms with Gasteiger partial charge in [0, 0.05) is 0 Å². The monoisotopic (exact) mass is 234 g/mol. The molecule has 0 aromatic rings. The fourth-order valence-electron chi connectivity index (χ4n) is 0.671. The zero-order valence-corrected chi connectivity index (χ0v) is 6.61. The summed E-state index contributed by atoms with van der Waals surface area (Å²) in [6.45, 7) is 0. The topological polar surface area (TPSA) is 63.5 Å². The van der Waals surface area contributed by atoms with Crippen LogP contribution >= 0.6 is 0 Å². The third kappa shape index (κ3) is 1.34. The first-order valence-corrected chi connectivity index (χ1v) is 6.66. The minimum absolute atomic E-state index is 0.379. The molecular weight excluding hydrogens is 224 g/mol. The van der Waals surface area contributed by atoms with Crippen molar-refractivity contribution < 1.29 is 13.7 Å². The van der Waals surface area contributed by atoms with Gasteiger partial charge in [-0.2, -0.15) is 0 Å². The van der Waals surface area contributed by atoms with E-state index < -0.39 is 32.2 Å². The Balaban J connectivity index is 2.39. The van der Waals surface area contributed by atoms with Gasteiger partial charge < -0.3 is 0 Å². The summed E-state index contributed by atoms with van der Waals surface area (Å²) in [6, 6.07) is 0. The van der Waals surface area contributed by atoms with Crippen molar-refractivity contribution in [1.29, 1.82) is 0 Å². The molecule has 0 unspecified atom stereocenters. The molecule has 1 heterocycles. The predicted molar refractivity (Wildman–Crippen MR) is 27.4 cm³/mol. The summed E-state index contributed by atoms with van der Waals surface area (Å²) in [5.74, 6) is 0. The van der Waals surface area contributed by atoms with E-state index in [-0.39, 0.29) is 0 Å². The van der Waals surface area contributed by atoms with Gasteiger partial charge >= 0.3 is 54.8 Å². The summed E-state index contributed by atoms with van der Waals surface area (Å²) in [7, 11) is 0. The molecule has 0 aliphatic carbocycles. The van der Waals surface area contributed by atoms with Gasteiger partial charge in [0.1, 0.15) is 0 Å². The van der Waals surface area contributed by atoms with Crippen LogP contribution in [-0.4, -0.2) is 42.4 Å². The van der Waals surface area contributed by atoms with Crippen molar-refractivity contribution in [1.82, 2.24) is 0 Å². The average molecular weight is 232 g/mol. The summed E-state index contributed by atoms with van der Waals surface area (Å²) in [6.07, 6.45) is -1.38. The van der Waals surface area contributed by atoms with Crippen LogP contribution in [0.3, 0.4) is 0 Å². The second kappa shape index (κ2) is 2.51. The standard InChI is InChI=1S/C4H8O3Te/c5-3-1-8(7)2-4(3)6/h3-6H,1-2H2/t3-,4-/m1/s1. The molecule has 0 spiro atoms. The number of aliphatic hydroxyl groups excluding tert-OH is 2. The Bertz CT molecular complexity index is 77.4. The third-order valence-corrected chi connectivity index (χ3v) is 5.23. The number of hydrogen-bond acceptors (Lipinski definition) is 3. The summed E-state index contributed by atoms with van der Waals surface area (Å²) < 4.78 is 11.4. The molecule has 1 aliphatic heterocycles. The van der Waals surface area contributed by atoms with Gasteiger partial charge in [0.2, 0.25) is 0 Å². The van der Waals surface area contributed by atoms with E-state index >= 15 is 0 Å². The number of aliphatic hydroxyl groups is 2. The van der Waals surface area contributed by atoms with Crippen LogP contribution in [0.15, 0.2) is 0 Å². The molecule has 0 saturated carbocycles. The Morgan fingerprint density at radius 2 is 1.62 bits per heavy atom. The molecule has 1 aliphatic rings. The fourth-order valence-corrected chi connectivity index (χ4v) is 4.50. The van der Waals surface area contributed by atoms with Gasteiger partial charge in [-0.05, 0) is 0 Å². The fraction of sp³-hybridized carbons (Fsp3) is 1.00. The number of hydrogen-bond donors (Lipinski definition) is 2. The first kappa shape index (κ1) is 6.78. The molecule has 1 rings (SSSR count). The van der Waals surface area contributed by atoms with Crippen molar-refractivity contribution in [3.05, 3.63) is 0 Å². The summed E-state index contributed by atoms with van der Waals surface area (Å²) in [5, 5.41) is 17.5. The van der Waals surface area contributed by atoms with Crippen molar-refractivity contribution in [2.24, 2.45) is 0 Å². The van der Waals surface area contributed by atoms with E-state index in [0.29, 0.717) is 8.94 Å². The number of rotatable bonds is 0.